The highest BCUT2D eigenvalue weighted by atomic mass is 16.3. The largest absolute Gasteiger partial charge is 0.374 e. The summed E-state index contributed by atoms with van der Waals surface area (Å²) in [6.07, 6.45) is -0.609. The minimum Gasteiger partial charge on any atom is -0.374 e. The number of nitrogens with zero attached hydrogens (tertiary/aromatic N) is 1. The lowest BCUT2D eigenvalue weighted by Crippen LogP contribution is -2.15. The van der Waals surface area contributed by atoms with Crippen LogP contribution in [0, 0.1) is 11.3 Å². The molecule has 0 aliphatic carbocycles. The molecule has 3 nitrogen and oxygen atoms in total. The third kappa shape index (κ3) is 2.48. The van der Waals surface area contributed by atoms with E-state index in [0.29, 0.717) is 0 Å². The number of nitrogens with one attached hydrogen (secondary N) is 1. The maximum atomic E-state index is 9.19. The van der Waals surface area contributed by atoms with Crippen molar-refractivity contribution in [3.8, 4) is 6.07 Å². The molecule has 0 aliphatic rings. The highest BCUT2D eigenvalue weighted by Crippen LogP contribution is 2.23. The Morgan fingerprint density at radius 2 is 2.00 bits per heavy atom. The number of aliphatic hydroxyl groups excluding tert-OH is 1. The minimum absolute atomic E-state index is 0.169. The number of rotatable bonds is 3. The molecule has 0 bridgehead atoms. The van der Waals surface area contributed by atoms with E-state index in [-0.39, 0.29) is 5.92 Å². The van der Waals surface area contributed by atoms with Crippen LogP contribution in [0.1, 0.15) is 25.3 Å². The van der Waals surface area contributed by atoms with E-state index in [0.717, 1.165) is 11.3 Å². The maximum absolute atomic E-state index is 9.19. The number of para-hydroxylation sites is 1. The Labute approximate surface area is 84.0 Å². The van der Waals surface area contributed by atoms with Gasteiger partial charge in [-0.3, -0.25) is 0 Å². The normalized spacial score (nSPS) is 14.1. The topological polar surface area (TPSA) is 56.0 Å². The van der Waals surface area contributed by atoms with E-state index in [1.165, 1.54) is 0 Å². The predicted molar refractivity (Wildman–Crippen MR) is 55.8 cm³/mol. The minimum atomic E-state index is -0.609. The molecule has 14 heavy (non-hydrogen) atoms. The molecule has 0 saturated heterocycles. The first kappa shape index (κ1) is 10.6. The van der Waals surface area contributed by atoms with Gasteiger partial charge in [-0.2, -0.15) is 5.26 Å². The molecular formula is C11H14N2O. The summed E-state index contributed by atoms with van der Waals surface area (Å²) in [5.41, 5.74) is 1.73. The fourth-order valence-electron chi connectivity index (χ4n) is 1.30. The summed E-state index contributed by atoms with van der Waals surface area (Å²) < 4.78 is 0. The van der Waals surface area contributed by atoms with Gasteiger partial charge in [0.1, 0.15) is 6.23 Å². The van der Waals surface area contributed by atoms with E-state index in [1.807, 2.05) is 31.2 Å². The van der Waals surface area contributed by atoms with Crippen LogP contribution in [0.3, 0.4) is 0 Å². The maximum Gasteiger partial charge on any atom is 0.121 e. The molecule has 0 saturated carbocycles. The molecule has 0 aliphatic heterocycles. The quantitative estimate of drug-likeness (QED) is 0.717. The van der Waals surface area contributed by atoms with Crippen LogP contribution in [-0.4, -0.2) is 11.3 Å². The van der Waals surface area contributed by atoms with Crippen LogP contribution in [0.25, 0.3) is 0 Å². The van der Waals surface area contributed by atoms with E-state index < -0.39 is 6.23 Å². The van der Waals surface area contributed by atoms with Gasteiger partial charge in [0.05, 0.1) is 12.0 Å². The van der Waals surface area contributed by atoms with Crippen LogP contribution in [0.5, 0.6) is 0 Å². The van der Waals surface area contributed by atoms with Crippen LogP contribution < -0.4 is 5.32 Å². The van der Waals surface area contributed by atoms with Gasteiger partial charge in [0, 0.05) is 5.69 Å². The van der Waals surface area contributed by atoms with E-state index >= 15 is 0 Å². The first-order chi connectivity index (χ1) is 6.65. The Hall–Kier alpha value is -1.53. The molecule has 0 amide bonds. The van der Waals surface area contributed by atoms with Crippen molar-refractivity contribution >= 4 is 5.69 Å². The fourth-order valence-corrected chi connectivity index (χ4v) is 1.30. The number of hydrogen-bond acceptors (Lipinski definition) is 3. The highest BCUT2D eigenvalue weighted by molar-refractivity contribution is 5.54. The molecule has 0 aromatic heterocycles. The van der Waals surface area contributed by atoms with E-state index in [2.05, 4.69) is 11.4 Å². The van der Waals surface area contributed by atoms with Crippen molar-refractivity contribution in [1.82, 2.24) is 0 Å². The summed E-state index contributed by atoms with van der Waals surface area (Å²) >= 11 is 0. The van der Waals surface area contributed by atoms with Gasteiger partial charge >= 0.3 is 0 Å². The molecular weight excluding hydrogens is 176 g/mol. The summed E-state index contributed by atoms with van der Waals surface area (Å²) in [7, 11) is 0. The Morgan fingerprint density at radius 1 is 1.36 bits per heavy atom. The number of benzene rings is 1. The Bertz CT molecular complexity index is 341. The summed E-state index contributed by atoms with van der Waals surface area (Å²) in [6.45, 7) is 3.48. The summed E-state index contributed by atoms with van der Waals surface area (Å²) in [5.74, 6) is -0.169. The molecule has 2 atom stereocenters. The molecule has 2 N–H and O–H groups in total. The summed E-state index contributed by atoms with van der Waals surface area (Å²) in [4.78, 5) is 0. The zero-order chi connectivity index (χ0) is 10.6. The van der Waals surface area contributed by atoms with E-state index in [9.17, 15) is 5.11 Å². The lowest BCUT2D eigenvalue weighted by atomic mass is 10.0. The van der Waals surface area contributed by atoms with Gasteiger partial charge in [0.15, 0.2) is 0 Å². The molecule has 2 unspecified atom stereocenters. The summed E-state index contributed by atoms with van der Waals surface area (Å²) in [6, 6.07) is 9.68. The van der Waals surface area contributed by atoms with Crippen LogP contribution in [0.2, 0.25) is 0 Å². The molecule has 0 spiro atoms. The van der Waals surface area contributed by atoms with Gasteiger partial charge in [-0.1, -0.05) is 18.2 Å². The van der Waals surface area contributed by atoms with Gasteiger partial charge in [-0.15, -0.1) is 0 Å². The third-order valence-corrected chi connectivity index (χ3v) is 1.99. The fraction of sp³-hybridized carbons (Fsp3) is 0.364. The number of anilines is 1. The average Bonchev–Trinajstić information content (AvgIpc) is 2.16. The van der Waals surface area contributed by atoms with E-state index in [1.54, 1.807) is 6.92 Å². The zero-order valence-electron chi connectivity index (χ0n) is 8.36. The number of hydrogen-bond donors (Lipinski definition) is 2. The average molecular weight is 190 g/mol. The zero-order valence-corrected chi connectivity index (χ0v) is 8.36. The van der Waals surface area contributed by atoms with Gasteiger partial charge < -0.3 is 10.4 Å². The molecule has 0 heterocycles. The van der Waals surface area contributed by atoms with Crippen molar-refractivity contribution in [2.45, 2.75) is 26.0 Å². The van der Waals surface area contributed by atoms with Crippen molar-refractivity contribution in [3.05, 3.63) is 29.8 Å². The van der Waals surface area contributed by atoms with Crippen LogP contribution in [-0.2, 0) is 0 Å². The molecule has 3 heteroatoms. The predicted octanol–water partition coefficient (Wildman–Crippen LogP) is 2.06. The second-order valence-corrected chi connectivity index (χ2v) is 3.26. The first-order valence-corrected chi connectivity index (χ1v) is 4.58. The Morgan fingerprint density at radius 3 is 2.57 bits per heavy atom. The third-order valence-electron chi connectivity index (χ3n) is 1.99. The lowest BCUT2D eigenvalue weighted by molar-refractivity contribution is 0.224. The van der Waals surface area contributed by atoms with Gasteiger partial charge in [0.2, 0.25) is 0 Å². The standard InChI is InChI=1S/C11H14N2O/c1-8(7-12)10-5-3-4-6-11(10)13-9(2)14/h3-6,8-9,13-14H,1-2H3. The molecule has 1 aromatic rings. The number of aliphatic hydroxyl groups is 1. The lowest BCUT2D eigenvalue weighted by Gasteiger charge is -2.14. The van der Waals surface area contributed by atoms with Crippen LogP contribution in [0.4, 0.5) is 5.69 Å². The van der Waals surface area contributed by atoms with Crippen LogP contribution in [0.15, 0.2) is 24.3 Å². The Kier molecular flexibility index (Phi) is 3.49. The Balaban J connectivity index is 2.98. The smallest absolute Gasteiger partial charge is 0.121 e. The van der Waals surface area contributed by atoms with Crippen molar-refractivity contribution in [3.63, 3.8) is 0 Å². The van der Waals surface area contributed by atoms with E-state index in [4.69, 9.17) is 5.26 Å². The van der Waals surface area contributed by atoms with Crippen molar-refractivity contribution in [2.75, 3.05) is 5.32 Å². The van der Waals surface area contributed by atoms with Gasteiger partial charge in [-0.05, 0) is 25.5 Å². The monoisotopic (exact) mass is 190 g/mol. The second kappa shape index (κ2) is 4.64. The molecule has 74 valence electrons. The van der Waals surface area contributed by atoms with Crippen molar-refractivity contribution < 1.29 is 5.11 Å². The number of nitriles is 1. The highest BCUT2D eigenvalue weighted by Gasteiger charge is 2.09. The SMILES string of the molecule is CC(O)Nc1ccccc1C(C)C#N. The van der Waals surface area contributed by atoms with Crippen LogP contribution >= 0.6 is 0 Å². The molecule has 0 fully saturated rings. The van der Waals surface area contributed by atoms with Crippen molar-refractivity contribution in [1.29, 1.82) is 5.26 Å². The summed E-state index contributed by atoms with van der Waals surface area (Å²) in [5, 5.41) is 20.9. The van der Waals surface area contributed by atoms with Gasteiger partial charge in [-0.25, -0.2) is 0 Å². The molecule has 1 aromatic carbocycles. The van der Waals surface area contributed by atoms with Crippen molar-refractivity contribution in [2.24, 2.45) is 0 Å². The molecule has 1 rings (SSSR count). The second-order valence-electron chi connectivity index (χ2n) is 3.26. The first-order valence-electron chi connectivity index (χ1n) is 4.58. The molecule has 0 radical (unpaired) electrons. The van der Waals surface area contributed by atoms with Gasteiger partial charge in [0.25, 0.3) is 0 Å².